The number of nitrogens with zero attached hydrogens (tertiary/aromatic N) is 1. The van der Waals surface area contributed by atoms with Gasteiger partial charge in [0.25, 0.3) is 0 Å². The number of carbonyl (C=O) groups is 2. The third-order valence-electron chi connectivity index (χ3n) is 3.70. The van der Waals surface area contributed by atoms with E-state index in [4.69, 9.17) is 16.0 Å². The summed E-state index contributed by atoms with van der Waals surface area (Å²) in [7, 11) is 0. The first-order chi connectivity index (χ1) is 13.0. The van der Waals surface area contributed by atoms with E-state index in [9.17, 15) is 14.7 Å². The van der Waals surface area contributed by atoms with E-state index >= 15 is 0 Å². The Morgan fingerprint density at radius 1 is 1.00 bits per heavy atom. The molecule has 0 saturated heterocycles. The van der Waals surface area contributed by atoms with E-state index in [1.54, 1.807) is 36.4 Å². The minimum Gasteiger partial charge on any atom is -0.509 e. The van der Waals surface area contributed by atoms with Gasteiger partial charge in [-0.2, -0.15) is 0 Å². The molecule has 3 aromatic carbocycles. The van der Waals surface area contributed by atoms with E-state index in [1.165, 1.54) is 18.2 Å². The van der Waals surface area contributed by atoms with Crippen molar-refractivity contribution in [3.63, 3.8) is 0 Å². The molecule has 1 N–H and O–H groups in total. The normalized spacial score (nSPS) is 10.0. The molecule has 0 aliphatic rings. The number of hydrogen-bond donors (Lipinski definition) is 1. The molecule has 0 atom stereocenters. The molecule has 0 heterocycles. The molecule has 3 aromatic rings. The first kappa shape index (κ1) is 17.7. The van der Waals surface area contributed by atoms with Crippen molar-refractivity contribution in [1.29, 1.82) is 0 Å². The molecule has 27 heavy (non-hydrogen) atoms. The largest absolute Gasteiger partial charge is 0.509 e. The monoisotopic (exact) mass is 359 g/mol. The lowest BCUT2D eigenvalue weighted by Crippen LogP contribution is -2.08. The van der Waals surface area contributed by atoms with Crippen LogP contribution in [0.15, 0.2) is 67.3 Å². The maximum atomic E-state index is 12.4. The van der Waals surface area contributed by atoms with Gasteiger partial charge in [0.1, 0.15) is 17.2 Å². The molecule has 6 heteroatoms. The van der Waals surface area contributed by atoms with Crippen LogP contribution in [-0.2, 0) is 4.79 Å². The molecule has 0 aliphatic carbocycles. The summed E-state index contributed by atoms with van der Waals surface area (Å²) >= 11 is 0. The van der Waals surface area contributed by atoms with Gasteiger partial charge in [0.2, 0.25) is 5.69 Å². The summed E-state index contributed by atoms with van der Waals surface area (Å²) in [5.41, 5.74) is 0.333. The van der Waals surface area contributed by atoms with Gasteiger partial charge in [0.05, 0.1) is 12.1 Å². The van der Waals surface area contributed by atoms with E-state index < -0.39 is 11.9 Å². The Morgan fingerprint density at radius 2 is 1.74 bits per heavy atom. The molecule has 132 valence electrons. The Bertz CT molecular complexity index is 1110. The van der Waals surface area contributed by atoms with E-state index in [1.807, 2.05) is 0 Å². The molecule has 0 aromatic heterocycles. The highest BCUT2D eigenvalue weighted by molar-refractivity contribution is 5.97. The van der Waals surface area contributed by atoms with Crippen LogP contribution >= 0.6 is 0 Å². The number of phenolic OH excluding ortho intramolecular Hbond substituents is 1. The van der Waals surface area contributed by atoms with Crippen molar-refractivity contribution in [2.24, 2.45) is 0 Å². The van der Waals surface area contributed by atoms with Crippen molar-refractivity contribution in [3.8, 4) is 17.2 Å². The smallest absolute Gasteiger partial charge is 0.342 e. The number of carbonyl (C=O) groups excluding carboxylic acids is 2. The first-order valence-electron chi connectivity index (χ1n) is 7.81. The Balaban J connectivity index is 1.85. The molecule has 0 aliphatic heterocycles. The Hall–Kier alpha value is -4.11. The van der Waals surface area contributed by atoms with Gasteiger partial charge in [0, 0.05) is 6.08 Å². The van der Waals surface area contributed by atoms with Crippen molar-refractivity contribution in [1.82, 2.24) is 0 Å². The van der Waals surface area contributed by atoms with Gasteiger partial charge >= 0.3 is 11.9 Å². The fourth-order valence-corrected chi connectivity index (χ4v) is 2.41. The Morgan fingerprint density at radius 3 is 2.48 bits per heavy atom. The zero-order chi connectivity index (χ0) is 19.4. The van der Waals surface area contributed by atoms with Crippen LogP contribution in [0, 0.1) is 6.57 Å². The second kappa shape index (κ2) is 7.42. The molecule has 0 bridgehead atoms. The van der Waals surface area contributed by atoms with Crippen molar-refractivity contribution < 1.29 is 24.2 Å². The van der Waals surface area contributed by atoms with Crippen LogP contribution in [0.25, 0.3) is 15.6 Å². The van der Waals surface area contributed by atoms with Crippen LogP contribution in [-0.4, -0.2) is 17.0 Å². The standard InChI is InChI=1S/C21H13NO5/c1-3-20(24)26-17-8-6-13-10-15(5-4-14(13)11-17)21(25)27-19-9-7-16(23)12-18(19)22-2/h3-12,23H,1H2. The molecule has 0 amide bonds. The molecule has 0 fully saturated rings. The highest BCUT2D eigenvalue weighted by Crippen LogP contribution is 2.32. The fraction of sp³-hybridized carbons (Fsp3) is 0. The average Bonchev–Trinajstić information content (AvgIpc) is 2.68. The summed E-state index contributed by atoms with van der Waals surface area (Å²) in [6, 6.07) is 13.8. The molecular weight excluding hydrogens is 346 g/mol. The van der Waals surface area contributed by atoms with Gasteiger partial charge in [-0.3, -0.25) is 0 Å². The molecule has 3 rings (SSSR count). The van der Waals surface area contributed by atoms with Crippen LogP contribution in [0.3, 0.4) is 0 Å². The van der Waals surface area contributed by atoms with Gasteiger partial charge in [-0.05, 0) is 53.2 Å². The fourth-order valence-electron chi connectivity index (χ4n) is 2.41. The predicted molar refractivity (Wildman–Crippen MR) is 99.1 cm³/mol. The molecule has 0 spiro atoms. The van der Waals surface area contributed by atoms with Gasteiger partial charge in [-0.1, -0.05) is 18.7 Å². The first-order valence-corrected chi connectivity index (χ1v) is 7.81. The number of aromatic hydroxyl groups is 1. The number of phenols is 1. The molecule has 6 nitrogen and oxygen atoms in total. The Kier molecular flexibility index (Phi) is 4.86. The highest BCUT2D eigenvalue weighted by atomic mass is 16.5. The quantitative estimate of drug-likeness (QED) is 0.323. The maximum Gasteiger partial charge on any atom is 0.342 e. The molecule has 0 unspecified atom stereocenters. The van der Waals surface area contributed by atoms with Gasteiger partial charge in [0.15, 0.2) is 0 Å². The van der Waals surface area contributed by atoms with Gasteiger partial charge in [-0.25, -0.2) is 14.4 Å². The van der Waals surface area contributed by atoms with Gasteiger partial charge in [-0.15, -0.1) is 0 Å². The van der Waals surface area contributed by atoms with Crippen LogP contribution in [0.5, 0.6) is 17.2 Å². The lowest BCUT2D eigenvalue weighted by atomic mass is 10.1. The SMILES string of the molecule is [C-]#[N+]c1cc(O)ccc1OC(=O)c1ccc2cc(OC(=O)C=C)ccc2c1. The van der Waals surface area contributed by atoms with Crippen molar-refractivity contribution in [2.45, 2.75) is 0 Å². The zero-order valence-electron chi connectivity index (χ0n) is 14.0. The summed E-state index contributed by atoms with van der Waals surface area (Å²) < 4.78 is 10.3. The summed E-state index contributed by atoms with van der Waals surface area (Å²) in [6.45, 7) is 10.4. The topological polar surface area (TPSA) is 77.2 Å². The molecule has 0 radical (unpaired) electrons. The lowest BCUT2D eigenvalue weighted by Gasteiger charge is -2.08. The van der Waals surface area contributed by atoms with Gasteiger partial charge < -0.3 is 14.6 Å². The van der Waals surface area contributed by atoms with E-state index in [0.29, 0.717) is 11.3 Å². The minimum atomic E-state index is -0.630. The van der Waals surface area contributed by atoms with E-state index in [2.05, 4.69) is 11.4 Å². The molecule has 0 saturated carbocycles. The highest BCUT2D eigenvalue weighted by Gasteiger charge is 2.13. The van der Waals surface area contributed by atoms with Crippen molar-refractivity contribution >= 4 is 28.4 Å². The minimum absolute atomic E-state index is 0.0396. The summed E-state index contributed by atoms with van der Waals surface area (Å²) in [6.07, 6.45) is 1.07. The van der Waals surface area contributed by atoms with Crippen LogP contribution in [0.1, 0.15) is 10.4 Å². The molecular formula is C21H13NO5. The van der Waals surface area contributed by atoms with Crippen LogP contribution < -0.4 is 9.47 Å². The number of ether oxygens (including phenoxy) is 2. The number of benzene rings is 3. The van der Waals surface area contributed by atoms with Crippen molar-refractivity contribution in [2.75, 3.05) is 0 Å². The third kappa shape index (κ3) is 3.94. The van der Waals surface area contributed by atoms with E-state index in [-0.39, 0.29) is 17.2 Å². The second-order valence-electron chi connectivity index (χ2n) is 5.50. The average molecular weight is 359 g/mol. The summed E-state index contributed by atoms with van der Waals surface area (Å²) in [5, 5.41) is 10.9. The number of rotatable bonds is 4. The number of hydrogen-bond acceptors (Lipinski definition) is 5. The maximum absolute atomic E-state index is 12.4. The summed E-state index contributed by atoms with van der Waals surface area (Å²) in [5.74, 6) is -0.832. The Labute approximate surface area is 154 Å². The van der Waals surface area contributed by atoms with Crippen LogP contribution in [0.2, 0.25) is 0 Å². The van der Waals surface area contributed by atoms with Crippen LogP contribution in [0.4, 0.5) is 5.69 Å². The number of fused-ring (bicyclic) bond motifs is 1. The predicted octanol–water partition coefficient (Wildman–Crippen LogP) is 4.41. The zero-order valence-corrected chi connectivity index (χ0v) is 14.0. The third-order valence-corrected chi connectivity index (χ3v) is 3.70. The summed E-state index contributed by atoms with van der Waals surface area (Å²) in [4.78, 5) is 26.9. The number of esters is 2. The van der Waals surface area contributed by atoms with E-state index in [0.717, 1.165) is 16.8 Å². The van der Waals surface area contributed by atoms with Crippen molar-refractivity contribution in [3.05, 3.63) is 84.2 Å². The second-order valence-corrected chi connectivity index (χ2v) is 5.50. The lowest BCUT2D eigenvalue weighted by molar-refractivity contribution is -0.128.